The first-order valence-corrected chi connectivity index (χ1v) is 14.8. The Hall–Kier alpha value is -5.29. The smallest absolute Gasteiger partial charge is 0.269 e. The Bertz CT molecular complexity index is 1990. The SMILES string of the molecule is CN1c2c(ccc3ccccc23)C(C)(C)C12C=C(c1ccccc1)C=C(c1ccc([N+](=O)[O-])cc1)C2C(=O)c1ccccc1. The number of rotatable bonds is 5. The number of non-ortho nitro benzene ring substituents is 1. The molecule has 1 heterocycles. The van der Waals surface area contributed by atoms with Crippen LogP contribution < -0.4 is 4.90 Å². The van der Waals surface area contributed by atoms with Crippen molar-refractivity contribution in [1.29, 1.82) is 0 Å². The molecule has 2 aliphatic rings. The number of carbonyl (C=O) groups is 1. The second kappa shape index (κ2) is 10.2. The first kappa shape index (κ1) is 27.5. The molecule has 5 aromatic carbocycles. The number of nitrogens with zero attached hydrogens (tertiary/aromatic N) is 2. The Labute approximate surface area is 256 Å². The second-order valence-corrected chi connectivity index (χ2v) is 12.2. The van der Waals surface area contributed by atoms with Crippen LogP contribution in [0.1, 0.15) is 40.9 Å². The highest BCUT2D eigenvalue weighted by atomic mass is 16.6. The molecule has 0 saturated carbocycles. The summed E-state index contributed by atoms with van der Waals surface area (Å²) < 4.78 is 0. The molecule has 2 unspecified atom stereocenters. The van der Waals surface area contributed by atoms with E-state index in [0.29, 0.717) is 5.56 Å². The zero-order valence-electron chi connectivity index (χ0n) is 24.9. The van der Waals surface area contributed by atoms with E-state index in [0.717, 1.165) is 38.7 Å². The molecule has 2 atom stereocenters. The fourth-order valence-electron chi connectivity index (χ4n) is 7.56. The highest BCUT2D eigenvalue weighted by Crippen LogP contribution is 2.61. The van der Waals surface area contributed by atoms with Gasteiger partial charge in [-0.1, -0.05) is 111 Å². The molecule has 0 radical (unpaired) electrons. The van der Waals surface area contributed by atoms with E-state index >= 15 is 4.79 Å². The zero-order chi connectivity index (χ0) is 30.6. The number of hydrogen-bond acceptors (Lipinski definition) is 4. The lowest BCUT2D eigenvalue weighted by atomic mass is 9.57. The first-order valence-electron chi connectivity index (χ1n) is 14.8. The van der Waals surface area contributed by atoms with Gasteiger partial charge in [0.1, 0.15) is 0 Å². The molecule has 0 amide bonds. The molecule has 1 aliphatic carbocycles. The Morgan fingerprint density at radius 3 is 2.09 bits per heavy atom. The third kappa shape index (κ3) is 3.96. The Morgan fingerprint density at radius 1 is 0.773 bits per heavy atom. The Morgan fingerprint density at radius 2 is 1.41 bits per heavy atom. The van der Waals surface area contributed by atoms with Gasteiger partial charge in [-0.05, 0) is 57.5 Å². The number of likely N-dealkylation sites (N-methyl/N-ethyl adjacent to an activating group) is 1. The average molecular weight is 577 g/mol. The maximum Gasteiger partial charge on any atom is 0.269 e. The average Bonchev–Trinajstić information content (AvgIpc) is 3.23. The minimum Gasteiger partial charge on any atom is -0.363 e. The summed E-state index contributed by atoms with van der Waals surface area (Å²) in [6.45, 7) is 4.49. The van der Waals surface area contributed by atoms with Crippen molar-refractivity contribution in [3.05, 3.63) is 166 Å². The molecule has 216 valence electrons. The quantitative estimate of drug-likeness (QED) is 0.119. The van der Waals surface area contributed by atoms with E-state index in [9.17, 15) is 10.1 Å². The van der Waals surface area contributed by atoms with Gasteiger partial charge in [-0.3, -0.25) is 14.9 Å². The number of ketones is 1. The molecule has 44 heavy (non-hydrogen) atoms. The summed E-state index contributed by atoms with van der Waals surface area (Å²) in [6.07, 6.45) is 4.41. The number of benzene rings is 5. The first-order chi connectivity index (χ1) is 21.2. The monoisotopic (exact) mass is 576 g/mol. The predicted octanol–water partition coefficient (Wildman–Crippen LogP) is 8.89. The van der Waals surface area contributed by atoms with Gasteiger partial charge in [0.05, 0.1) is 16.4 Å². The van der Waals surface area contributed by atoms with Crippen LogP contribution in [0, 0.1) is 16.0 Å². The maximum absolute atomic E-state index is 15.0. The summed E-state index contributed by atoms with van der Waals surface area (Å²) in [4.78, 5) is 28.5. The van der Waals surface area contributed by atoms with Gasteiger partial charge in [0, 0.05) is 41.2 Å². The Kier molecular flexibility index (Phi) is 6.36. The van der Waals surface area contributed by atoms with Gasteiger partial charge >= 0.3 is 0 Å². The summed E-state index contributed by atoms with van der Waals surface area (Å²) in [7, 11) is 2.11. The van der Waals surface area contributed by atoms with Crippen molar-refractivity contribution in [2.24, 2.45) is 5.92 Å². The molecule has 0 aromatic heterocycles. The van der Waals surface area contributed by atoms with Crippen molar-refractivity contribution in [2.45, 2.75) is 24.8 Å². The highest BCUT2D eigenvalue weighted by molar-refractivity contribution is 6.11. The molecule has 0 fully saturated rings. The number of fused-ring (bicyclic) bond motifs is 3. The lowest BCUT2D eigenvalue weighted by molar-refractivity contribution is -0.384. The van der Waals surface area contributed by atoms with Crippen LogP contribution in [0.15, 0.2) is 133 Å². The van der Waals surface area contributed by atoms with Gasteiger partial charge in [-0.25, -0.2) is 0 Å². The van der Waals surface area contributed by atoms with Crippen LogP contribution in [-0.4, -0.2) is 23.3 Å². The third-order valence-electron chi connectivity index (χ3n) is 9.74. The summed E-state index contributed by atoms with van der Waals surface area (Å²) in [5, 5.41) is 13.9. The fraction of sp³-hybridized carbons (Fsp3) is 0.154. The predicted molar refractivity (Wildman–Crippen MR) is 178 cm³/mol. The van der Waals surface area contributed by atoms with Crippen LogP contribution in [0.3, 0.4) is 0 Å². The Balaban J connectivity index is 1.56. The van der Waals surface area contributed by atoms with E-state index in [4.69, 9.17) is 0 Å². The highest BCUT2D eigenvalue weighted by Gasteiger charge is 2.62. The van der Waals surface area contributed by atoms with Gasteiger partial charge in [-0.15, -0.1) is 0 Å². The van der Waals surface area contributed by atoms with Crippen LogP contribution in [0.5, 0.6) is 0 Å². The van der Waals surface area contributed by atoms with Gasteiger partial charge in [0.15, 0.2) is 5.78 Å². The van der Waals surface area contributed by atoms with E-state index in [1.165, 1.54) is 17.7 Å². The number of hydrogen-bond donors (Lipinski definition) is 0. The zero-order valence-corrected chi connectivity index (χ0v) is 24.9. The van der Waals surface area contributed by atoms with Crippen molar-refractivity contribution in [3.63, 3.8) is 0 Å². The molecular formula is C39H32N2O3. The largest absolute Gasteiger partial charge is 0.363 e. The van der Waals surface area contributed by atoms with Gasteiger partial charge in [0.2, 0.25) is 0 Å². The summed E-state index contributed by atoms with van der Waals surface area (Å²) in [6, 6.07) is 39.1. The summed E-state index contributed by atoms with van der Waals surface area (Å²) >= 11 is 0. The van der Waals surface area contributed by atoms with Crippen LogP contribution in [0.4, 0.5) is 11.4 Å². The summed E-state index contributed by atoms with van der Waals surface area (Å²) in [5.74, 6) is -0.611. The lowest BCUT2D eigenvalue weighted by Gasteiger charge is -2.52. The van der Waals surface area contributed by atoms with E-state index in [1.807, 2.05) is 48.5 Å². The number of allylic oxidation sites excluding steroid dienone is 2. The van der Waals surface area contributed by atoms with Crippen LogP contribution in [0.25, 0.3) is 21.9 Å². The molecule has 0 bridgehead atoms. The van der Waals surface area contributed by atoms with E-state index < -0.39 is 21.8 Å². The molecule has 0 N–H and O–H groups in total. The van der Waals surface area contributed by atoms with Crippen molar-refractivity contribution in [3.8, 4) is 0 Å². The van der Waals surface area contributed by atoms with Gasteiger partial charge in [0.25, 0.3) is 5.69 Å². The van der Waals surface area contributed by atoms with Crippen molar-refractivity contribution in [2.75, 3.05) is 11.9 Å². The number of nitro benzene ring substituents is 1. The maximum atomic E-state index is 15.0. The minimum atomic E-state index is -0.816. The molecule has 1 spiro atoms. The molecule has 5 heteroatoms. The van der Waals surface area contributed by atoms with E-state index in [2.05, 4.69) is 86.5 Å². The molecule has 7 rings (SSSR count). The number of Topliss-reactive ketones (excluding diaryl/α,β-unsaturated/α-hetero) is 1. The number of nitro groups is 1. The molecule has 5 aromatic rings. The van der Waals surface area contributed by atoms with Crippen molar-refractivity contribution < 1.29 is 9.72 Å². The van der Waals surface area contributed by atoms with E-state index in [1.54, 1.807) is 12.1 Å². The fourth-order valence-corrected chi connectivity index (χ4v) is 7.56. The molecule has 5 nitrogen and oxygen atoms in total. The number of anilines is 1. The standard InChI is InChI=1S/C39H32N2O3/c1-38(2)34-23-20-27-14-10-11-17-32(27)36(34)40(3)39(38)25-30(26-12-6-4-7-13-26)24-33(28-18-21-31(22-19-28)41(43)44)35(39)37(42)29-15-8-5-9-16-29/h4-25,35H,1-3H3. The third-order valence-corrected chi connectivity index (χ3v) is 9.74. The topological polar surface area (TPSA) is 63.4 Å². The number of carbonyl (C=O) groups excluding carboxylic acids is 1. The van der Waals surface area contributed by atoms with E-state index in [-0.39, 0.29) is 11.5 Å². The second-order valence-electron chi connectivity index (χ2n) is 12.2. The van der Waals surface area contributed by atoms with Crippen LogP contribution in [-0.2, 0) is 5.41 Å². The molecular weight excluding hydrogens is 544 g/mol. The normalized spacial score (nSPS) is 20.2. The lowest BCUT2D eigenvalue weighted by Crippen LogP contribution is -2.61. The van der Waals surface area contributed by atoms with Crippen molar-refractivity contribution >= 4 is 39.1 Å². The minimum absolute atomic E-state index is 0.00982. The van der Waals surface area contributed by atoms with Crippen LogP contribution in [0.2, 0.25) is 0 Å². The van der Waals surface area contributed by atoms with Crippen LogP contribution >= 0.6 is 0 Å². The summed E-state index contributed by atoms with van der Waals surface area (Å²) in [5.41, 5.74) is 5.29. The molecule has 1 aliphatic heterocycles. The molecule has 0 saturated heterocycles. The van der Waals surface area contributed by atoms with Crippen molar-refractivity contribution in [1.82, 2.24) is 0 Å². The van der Waals surface area contributed by atoms with Gasteiger partial charge < -0.3 is 4.90 Å². The van der Waals surface area contributed by atoms with Gasteiger partial charge in [-0.2, -0.15) is 0 Å².